The number of phenolic OH excluding ortho intramolecular Hbond substituents is 1. The number of rotatable bonds is 2. The van der Waals surface area contributed by atoms with Crippen molar-refractivity contribution in [2.24, 2.45) is 11.8 Å². The van der Waals surface area contributed by atoms with Gasteiger partial charge in [-0.3, -0.25) is 0 Å². The smallest absolute Gasteiger partial charge is 0.338 e. The lowest BCUT2D eigenvalue weighted by molar-refractivity contribution is -0.000931. The van der Waals surface area contributed by atoms with Crippen LogP contribution in [0.5, 0.6) is 5.75 Å². The van der Waals surface area contributed by atoms with Crippen LogP contribution in [-0.2, 0) is 4.74 Å². The molecule has 1 aromatic rings. The van der Waals surface area contributed by atoms with Crippen molar-refractivity contribution >= 4 is 5.97 Å². The number of aromatic hydroxyl groups is 1. The lowest BCUT2D eigenvalue weighted by atomic mass is 9.70. The second-order valence-electron chi connectivity index (χ2n) is 6.65. The molecule has 3 heteroatoms. The van der Waals surface area contributed by atoms with Crippen LogP contribution in [-0.4, -0.2) is 17.2 Å². The Morgan fingerprint density at radius 2 is 1.90 bits per heavy atom. The van der Waals surface area contributed by atoms with Gasteiger partial charge in [0.15, 0.2) is 0 Å². The maximum atomic E-state index is 12.2. The maximum Gasteiger partial charge on any atom is 0.338 e. The number of carbonyl (C=O) groups excluding carboxylic acids is 1. The first-order chi connectivity index (χ1) is 10.1. The molecular weight excluding hydrogens is 264 g/mol. The molecule has 0 bridgehead atoms. The summed E-state index contributed by atoms with van der Waals surface area (Å²) in [6.45, 7) is 1.79. The highest BCUT2D eigenvalue weighted by atomic mass is 16.5. The van der Waals surface area contributed by atoms with Crippen molar-refractivity contribution in [3.8, 4) is 5.75 Å². The molecule has 21 heavy (non-hydrogen) atoms. The third-order valence-corrected chi connectivity index (χ3v) is 5.20. The number of phenols is 1. The maximum absolute atomic E-state index is 12.2. The molecule has 114 valence electrons. The van der Waals surface area contributed by atoms with Crippen LogP contribution in [0.4, 0.5) is 0 Å². The summed E-state index contributed by atoms with van der Waals surface area (Å²) in [5.74, 6) is 1.59. The van der Waals surface area contributed by atoms with E-state index >= 15 is 0 Å². The summed E-state index contributed by atoms with van der Waals surface area (Å²) >= 11 is 0. The Balaban J connectivity index is 1.61. The minimum atomic E-state index is -0.252. The van der Waals surface area contributed by atoms with Crippen LogP contribution in [0.1, 0.15) is 60.9 Å². The molecule has 2 aliphatic carbocycles. The Bertz CT molecular complexity index is 523. The summed E-state index contributed by atoms with van der Waals surface area (Å²) in [5.41, 5.74) is 1.25. The molecule has 2 aliphatic rings. The van der Waals surface area contributed by atoms with Crippen LogP contribution in [0, 0.1) is 18.8 Å². The molecule has 3 rings (SSSR count). The van der Waals surface area contributed by atoms with Gasteiger partial charge in [0, 0.05) is 0 Å². The summed E-state index contributed by atoms with van der Waals surface area (Å²) in [4.78, 5) is 12.2. The van der Waals surface area contributed by atoms with Crippen LogP contribution in [0.2, 0.25) is 0 Å². The normalized spacial score (nSPS) is 28.7. The number of carbonyl (C=O) groups is 1. The molecule has 2 fully saturated rings. The first-order valence-corrected chi connectivity index (χ1v) is 8.14. The Hall–Kier alpha value is -1.51. The number of ether oxygens (including phenoxy) is 1. The molecule has 3 atom stereocenters. The van der Waals surface area contributed by atoms with Crippen LogP contribution < -0.4 is 0 Å². The number of benzene rings is 1. The predicted molar refractivity (Wildman–Crippen MR) is 81.3 cm³/mol. The minimum absolute atomic E-state index is 0.0750. The van der Waals surface area contributed by atoms with E-state index < -0.39 is 0 Å². The fourth-order valence-electron chi connectivity index (χ4n) is 3.94. The Morgan fingerprint density at radius 1 is 1.14 bits per heavy atom. The molecule has 0 spiro atoms. The average Bonchev–Trinajstić information content (AvgIpc) is 2.50. The molecule has 3 nitrogen and oxygen atoms in total. The molecule has 0 aliphatic heterocycles. The van der Waals surface area contributed by atoms with Gasteiger partial charge in [0.1, 0.15) is 11.9 Å². The summed E-state index contributed by atoms with van der Waals surface area (Å²) in [5, 5.41) is 9.52. The molecular formula is C18H24O3. The van der Waals surface area contributed by atoms with Crippen LogP contribution in [0.25, 0.3) is 0 Å². The van der Waals surface area contributed by atoms with E-state index in [2.05, 4.69) is 0 Å². The number of hydrogen-bond acceptors (Lipinski definition) is 3. The lowest BCUT2D eigenvalue weighted by Crippen LogP contribution is -2.33. The van der Waals surface area contributed by atoms with Crippen LogP contribution in [0.15, 0.2) is 18.2 Å². The van der Waals surface area contributed by atoms with Crippen LogP contribution >= 0.6 is 0 Å². The minimum Gasteiger partial charge on any atom is -0.508 e. The highest BCUT2D eigenvalue weighted by molar-refractivity contribution is 5.90. The number of hydrogen-bond donors (Lipinski definition) is 1. The highest BCUT2D eigenvalue weighted by Crippen LogP contribution is 2.41. The second-order valence-corrected chi connectivity index (χ2v) is 6.65. The van der Waals surface area contributed by atoms with Gasteiger partial charge < -0.3 is 9.84 Å². The molecule has 0 radical (unpaired) electrons. The molecule has 3 unspecified atom stereocenters. The monoisotopic (exact) mass is 288 g/mol. The lowest BCUT2D eigenvalue weighted by Gasteiger charge is -2.38. The van der Waals surface area contributed by atoms with E-state index in [1.54, 1.807) is 25.1 Å². The summed E-state index contributed by atoms with van der Waals surface area (Å²) in [6, 6.07) is 4.89. The second kappa shape index (κ2) is 6.08. The molecule has 1 N–H and O–H groups in total. The largest absolute Gasteiger partial charge is 0.508 e. The van der Waals surface area contributed by atoms with Crippen molar-refractivity contribution in [1.82, 2.24) is 0 Å². The topological polar surface area (TPSA) is 46.5 Å². The van der Waals surface area contributed by atoms with E-state index in [0.29, 0.717) is 11.1 Å². The van der Waals surface area contributed by atoms with Crippen molar-refractivity contribution in [3.05, 3.63) is 29.3 Å². The van der Waals surface area contributed by atoms with Crippen molar-refractivity contribution < 1.29 is 14.6 Å². The highest BCUT2D eigenvalue weighted by Gasteiger charge is 2.33. The van der Waals surface area contributed by atoms with Crippen LogP contribution in [0.3, 0.4) is 0 Å². The zero-order chi connectivity index (χ0) is 14.8. The first kappa shape index (κ1) is 14.4. The molecule has 1 aromatic carbocycles. The number of fused-ring (bicyclic) bond motifs is 1. The summed E-state index contributed by atoms with van der Waals surface area (Å²) < 4.78 is 5.70. The number of aryl methyl sites for hydroxylation is 1. The Morgan fingerprint density at radius 3 is 2.67 bits per heavy atom. The average molecular weight is 288 g/mol. The third kappa shape index (κ3) is 3.22. The predicted octanol–water partition coefficient (Wildman–Crippen LogP) is 4.22. The van der Waals surface area contributed by atoms with Crippen molar-refractivity contribution in [1.29, 1.82) is 0 Å². The first-order valence-electron chi connectivity index (χ1n) is 8.14. The fourth-order valence-corrected chi connectivity index (χ4v) is 3.94. The molecule has 0 amide bonds. The number of esters is 1. The van der Waals surface area contributed by atoms with Gasteiger partial charge in [-0.05, 0) is 61.8 Å². The standard InChI is InChI=1S/C18H24O3/c1-12-10-15(7-9-17(12)19)18(20)21-16-8-6-13-4-2-3-5-14(13)11-16/h7,9-10,13-14,16,19H,2-6,8,11H2,1H3. The van der Waals surface area contributed by atoms with Gasteiger partial charge in [-0.25, -0.2) is 4.79 Å². The Labute approximate surface area is 126 Å². The summed E-state index contributed by atoms with van der Waals surface area (Å²) in [6.07, 6.45) is 8.69. The van der Waals surface area contributed by atoms with Gasteiger partial charge in [-0.15, -0.1) is 0 Å². The Kier molecular flexibility index (Phi) is 4.18. The molecule has 0 aromatic heterocycles. The van der Waals surface area contributed by atoms with Gasteiger partial charge >= 0.3 is 5.97 Å². The molecule has 2 saturated carbocycles. The SMILES string of the molecule is Cc1cc(C(=O)OC2CCC3CCCCC3C2)ccc1O. The van der Waals surface area contributed by atoms with Gasteiger partial charge in [0.05, 0.1) is 5.56 Å². The quantitative estimate of drug-likeness (QED) is 0.829. The van der Waals surface area contributed by atoms with Gasteiger partial charge in [0.2, 0.25) is 0 Å². The zero-order valence-corrected chi connectivity index (χ0v) is 12.7. The van der Waals surface area contributed by atoms with E-state index in [0.717, 1.165) is 24.7 Å². The van der Waals surface area contributed by atoms with E-state index in [1.165, 1.54) is 32.1 Å². The third-order valence-electron chi connectivity index (χ3n) is 5.20. The van der Waals surface area contributed by atoms with E-state index in [9.17, 15) is 9.90 Å². The van der Waals surface area contributed by atoms with Gasteiger partial charge in [0.25, 0.3) is 0 Å². The van der Waals surface area contributed by atoms with Gasteiger partial charge in [-0.2, -0.15) is 0 Å². The van der Waals surface area contributed by atoms with E-state index in [1.807, 2.05) is 0 Å². The van der Waals surface area contributed by atoms with E-state index in [-0.39, 0.29) is 17.8 Å². The van der Waals surface area contributed by atoms with Crippen molar-refractivity contribution in [2.75, 3.05) is 0 Å². The molecule has 0 heterocycles. The zero-order valence-electron chi connectivity index (χ0n) is 12.7. The fraction of sp³-hybridized carbons (Fsp3) is 0.611. The van der Waals surface area contributed by atoms with Crippen molar-refractivity contribution in [2.45, 2.75) is 58.0 Å². The van der Waals surface area contributed by atoms with E-state index in [4.69, 9.17) is 4.74 Å². The molecule has 0 saturated heterocycles. The summed E-state index contributed by atoms with van der Waals surface area (Å²) in [7, 11) is 0. The van der Waals surface area contributed by atoms with Crippen molar-refractivity contribution in [3.63, 3.8) is 0 Å². The van der Waals surface area contributed by atoms with Gasteiger partial charge in [-0.1, -0.05) is 25.7 Å².